The number of hydrogen-bond acceptors (Lipinski definition) is 4. The highest BCUT2D eigenvalue weighted by atomic mass is 15.3. The Morgan fingerprint density at radius 2 is 2.04 bits per heavy atom. The molecule has 24 heavy (non-hydrogen) atoms. The lowest BCUT2D eigenvalue weighted by Crippen LogP contribution is -2.28. The molecule has 6 heteroatoms. The maximum absolute atomic E-state index is 5.05. The first-order valence-corrected chi connectivity index (χ1v) is 9.10. The summed E-state index contributed by atoms with van der Waals surface area (Å²) in [4.78, 5) is 16.8. The van der Waals surface area contributed by atoms with Crippen molar-refractivity contribution < 1.29 is 0 Å². The van der Waals surface area contributed by atoms with Gasteiger partial charge in [0.25, 0.3) is 0 Å². The van der Waals surface area contributed by atoms with Crippen LogP contribution in [0.3, 0.4) is 0 Å². The van der Waals surface area contributed by atoms with E-state index in [1.165, 1.54) is 25.7 Å². The van der Waals surface area contributed by atoms with Crippen LogP contribution in [0.4, 0.5) is 5.95 Å². The van der Waals surface area contributed by atoms with Crippen LogP contribution < -0.4 is 10.4 Å². The van der Waals surface area contributed by atoms with Crippen molar-refractivity contribution in [2.75, 3.05) is 11.9 Å². The Bertz CT molecular complexity index is 830. The molecule has 0 aromatic carbocycles. The predicted octanol–water partition coefficient (Wildman–Crippen LogP) is 2.24. The van der Waals surface area contributed by atoms with E-state index in [0.29, 0.717) is 12.1 Å². The number of hydrogen-bond donors (Lipinski definition) is 0. The van der Waals surface area contributed by atoms with E-state index in [0.717, 1.165) is 34.4 Å². The second-order valence-corrected chi connectivity index (χ2v) is 7.90. The molecule has 0 aliphatic heterocycles. The zero-order chi connectivity index (χ0) is 17.0. The van der Waals surface area contributed by atoms with E-state index in [1.807, 2.05) is 17.9 Å². The third kappa shape index (κ3) is 2.34. The Morgan fingerprint density at radius 1 is 1.25 bits per heavy atom. The molecule has 0 spiro atoms. The van der Waals surface area contributed by atoms with Crippen molar-refractivity contribution in [2.24, 2.45) is 30.9 Å². The molecule has 4 rings (SSSR count). The summed E-state index contributed by atoms with van der Waals surface area (Å²) in [6.07, 6.45) is 7.21. The highest BCUT2D eigenvalue weighted by molar-refractivity contribution is 5.74. The van der Waals surface area contributed by atoms with Gasteiger partial charge >= 0.3 is 0 Å². The fraction of sp³-hybridized carbons (Fsp3) is 0.722. The summed E-state index contributed by atoms with van der Waals surface area (Å²) in [5, 5.41) is 0. The van der Waals surface area contributed by atoms with Gasteiger partial charge < -0.3 is 9.47 Å². The largest absolute Gasteiger partial charge is 0.343 e. The van der Waals surface area contributed by atoms with Crippen molar-refractivity contribution in [3.05, 3.63) is 11.8 Å². The third-order valence-electron chi connectivity index (χ3n) is 6.02. The smallest absolute Gasteiger partial charge is 0.207 e. The monoisotopic (exact) mass is 328 g/mol. The van der Waals surface area contributed by atoms with E-state index in [1.54, 1.807) is 0 Å². The van der Waals surface area contributed by atoms with Gasteiger partial charge in [-0.2, -0.15) is 0 Å². The summed E-state index contributed by atoms with van der Waals surface area (Å²) in [7, 11) is 6.19. The van der Waals surface area contributed by atoms with Crippen LogP contribution >= 0.6 is 0 Å². The normalized spacial score (nSPS) is 26.9. The van der Waals surface area contributed by atoms with E-state index in [9.17, 15) is 0 Å². The molecule has 2 aromatic heterocycles. The minimum Gasteiger partial charge on any atom is -0.343 e. The maximum Gasteiger partial charge on any atom is 0.207 e. The van der Waals surface area contributed by atoms with Gasteiger partial charge in [-0.25, -0.2) is 9.97 Å². The van der Waals surface area contributed by atoms with Gasteiger partial charge in [0.2, 0.25) is 5.95 Å². The first-order chi connectivity index (χ1) is 11.5. The molecule has 0 saturated heterocycles. The first-order valence-electron chi connectivity index (χ1n) is 9.10. The number of rotatable bonds is 3. The lowest BCUT2D eigenvalue weighted by molar-refractivity contribution is 0.413. The second kappa shape index (κ2) is 5.60. The molecule has 2 heterocycles. The zero-order valence-corrected chi connectivity index (χ0v) is 15.4. The summed E-state index contributed by atoms with van der Waals surface area (Å²) < 4.78 is 4.19. The van der Waals surface area contributed by atoms with Gasteiger partial charge in [-0.15, -0.1) is 0 Å². The topological polar surface area (TPSA) is 51.2 Å². The maximum atomic E-state index is 5.05. The van der Waals surface area contributed by atoms with Crippen LogP contribution in [-0.4, -0.2) is 38.2 Å². The molecule has 3 atom stereocenters. The number of fused-ring (bicyclic) bond motifs is 3. The van der Waals surface area contributed by atoms with Crippen molar-refractivity contribution in [3.63, 3.8) is 0 Å². The summed E-state index contributed by atoms with van der Waals surface area (Å²) >= 11 is 0. The van der Waals surface area contributed by atoms with Crippen molar-refractivity contribution in [1.82, 2.24) is 19.1 Å². The van der Waals surface area contributed by atoms with Crippen LogP contribution in [0, 0.1) is 11.8 Å². The molecule has 130 valence electrons. The Balaban J connectivity index is 1.85. The molecule has 2 aliphatic rings. The van der Waals surface area contributed by atoms with Crippen LogP contribution in [0.25, 0.3) is 11.2 Å². The van der Waals surface area contributed by atoms with Crippen molar-refractivity contribution in [2.45, 2.75) is 51.6 Å². The lowest BCUT2D eigenvalue weighted by atomic mass is 9.96. The number of aromatic nitrogens is 4. The third-order valence-corrected chi connectivity index (χ3v) is 6.02. The Morgan fingerprint density at radius 3 is 2.67 bits per heavy atom. The highest BCUT2D eigenvalue weighted by Crippen LogP contribution is 2.45. The number of imidazole rings is 1. The quantitative estimate of drug-likeness (QED) is 0.868. The summed E-state index contributed by atoms with van der Waals surface area (Å²) in [6.45, 7) is 4.36. The number of anilines is 1. The van der Waals surface area contributed by atoms with Crippen molar-refractivity contribution in [3.8, 4) is 0 Å². The fourth-order valence-electron chi connectivity index (χ4n) is 4.46. The average molecular weight is 328 g/mol. The van der Waals surface area contributed by atoms with Crippen LogP contribution in [0.5, 0.6) is 0 Å². The van der Waals surface area contributed by atoms with Crippen LogP contribution in [0.15, 0.2) is 11.3 Å². The highest BCUT2D eigenvalue weighted by Gasteiger charge is 2.39. The standard InChI is InChI=1S/C18H28N6/c1-11(2)23(4)18-21-15-16(19-10-22(3)17(15)24(18)5)20-14-9-12-6-7-13(14)8-12/h10-14H,6-9H2,1-5H3/t12-,13+,14?/m0/s1. The van der Waals surface area contributed by atoms with Gasteiger partial charge in [-0.3, -0.25) is 9.56 Å². The molecule has 6 nitrogen and oxygen atoms in total. The molecule has 0 amide bonds. The van der Waals surface area contributed by atoms with E-state index >= 15 is 0 Å². The van der Waals surface area contributed by atoms with Gasteiger partial charge in [-0.05, 0) is 44.9 Å². The summed E-state index contributed by atoms with van der Waals surface area (Å²) in [6, 6.07) is 0.838. The molecule has 2 saturated carbocycles. The minimum absolute atomic E-state index is 0.393. The van der Waals surface area contributed by atoms with Gasteiger partial charge in [0, 0.05) is 27.2 Å². The molecule has 0 radical (unpaired) electrons. The molecular formula is C18H28N6. The van der Waals surface area contributed by atoms with Crippen LogP contribution in [0.1, 0.15) is 39.5 Å². The molecule has 0 N–H and O–H groups in total. The fourth-order valence-corrected chi connectivity index (χ4v) is 4.46. The number of nitrogens with zero attached hydrogens (tertiary/aromatic N) is 6. The van der Waals surface area contributed by atoms with Gasteiger partial charge in [0.05, 0.1) is 12.4 Å². The van der Waals surface area contributed by atoms with Gasteiger partial charge in [0.15, 0.2) is 11.0 Å². The lowest BCUT2D eigenvalue weighted by Gasteiger charge is -2.22. The summed E-state index contributed by atoms with van der Waals surface area (Å²) in [5.74, 6) is 2.63. The molecule has 2 aromatic rings. The van der Waals surface area contributed by atoms with Gasteiger partial charge in [-0.1, -0.05) is 6.42 Å². The molecule has 2 aliphatic carbocycles. The van der Waals surface area contributed by atoms with E-state index in [4.69, 9.17) is 9.98 Å². The number of aryl methyl sites for hydroxylation is 2. The Hall–Kier alpha value is -1.85. The summed E-state index contributed by atoms with van der Waals surface area (Å²) in [5.41, 5.74) is 2.82. The van der Waals surface area contributed by atoms with E-state index in [2.05, 4.69) is 42.4 Å². The van der Waals surface area contributed by atoms with Crippen LogP contribution in [-0.2, 0) is 14.1 Å². The van der Waals surface area contributed by atoms with Crippen molar-refractivity contribution in [1.29, 1.82) is 0 Å². The first kappa shape index (κ1) is 15.7. The minimum atomic E-state index is 0.393. The molecule has 1 unspecified atom stereocenters. The van der Waals surface area contributed by atoms with Crippen LogP contribution in [0.2, 0.25) is 0 Å². The molecular weight excluding hydrogens is 300 g/mol. The average Bonchev–Trinajstić information content (AvgIpc) is 3.24. The zero-order valence-electron chi connectivity index (χ0n) is 15.4. The van der Waals surface area contributed by atoms with Crippen molar-refractivity contribution >= 4 is 17.1 Å². The van der Waals surface area contributed by atoms with E-state index < -0.39 is 0 Å². The van der Waals surface area contributed by atoms with Gasteiger partial charge in [0.1, 0.15) is 5.65 Å². The Labute approximate surface area is 143 Å². The predicted molar refractivity (Wildman–Crippen MR) is 95.8 cm³/mol. The SMILES string of the molecule is CC(C)N(C)c1nc2c(=NC3C[C@H]4CC[C@@H]3C4)ncn(C)c2n1C. The molecule has 2 bridgehead atoms. The Kier molecular flexibility index (Phi) is 3.66. The second-order valence-electron chi connectivity index (χ2n) is 7.90. The molecule has 2 fully saturated rings. The van der Waals surface area contributed by atoms with E-state index in [-0.39, 0.29) is 0 Å².